The molecule has 8 nitrogen and oxygen atoms in total. The number of rotatable bonds is 11. The summed E-state index contributed by atoms with van der Waals surface area (Å²) in [5, 5.41) is 0.472. The number of halogens is 6. The van der Waals surface area contributed by atoms with Crippen molar-refractivity contribution in [1.82, 2.24) is 0 Å². The molecular formula is C73H65F6NO7. The van der Waals surface area contributed by atoms with Crippen LogP contribution in [0.4, 0.5) is 32.0 Å². The number of benzene rings is 8. The minimum Gasteiger partial charge on any atom is -0.493 e. The lowest BCUT2D eigenvalue weighted by atomic mass is 9.68. The fraction of sp³-hybridized carbons (Fsp3) is 0.315. The van der Waals surface area contributed by atoms with E-state index in [9.17, 15) is 22.8 Å². The Morgan fingerprint density at radius 2 is 1.21 bits per heavy atom. The molecule has 3 aliphatic carbocycles. The lowest BCUT2D eigenvalue weighted by Gasteiger charge is -2.39. The molecule has 87 heavy (non-hydrogen) atoms. The van der Waals surface area contributed by atoms with Crippen LogP contribution in [-0.2, 0) is 32.9 Å². The van der Waals surface area contributed by atoms with E-state index in [0.29, 0.717) is 66.3 Å². The highest BCUT2D eigenvalue weighted by molar-refractivity contribution is 6.10. The highest BCUT2D eigenvalue weighted by Gasteiger charge is 2.51. The van der Waals surface area contributed by atoms with Crippen LogP contribution in [0.2, 0.25) is 0 Å². The summed E-state index contributed by atoms with van der Waals surface area (Å²) in [5.41, 5.74) is 0.0468. The van der Waals surface area contributed by atoms with Crippen LogP contribution in [-0.4, -0.2) is 45.4 Å². The first-order chi connectivity index (χ1) is 41.9. The van der Waals surface area contributed by atoms with Crippen LogP contribution < -0.4 is 23.8 Å². The van der Waals surface area contributed by atoms with Crippen molar-refractivity contribution in [2.75, 3.05) is 38.3 Å². The molecule has 446 valence electrons. The van der Waals surface area contributed by atoms with E-state index in [0.717, 1.165) is 59.7 Å². The van der Waals surface area contributed by atoms with Gasteiger partial charge >= 0.3 is 24.3 Å². The van der Waals surface area contributed by atoms with E-state index in [2.05, 4.69) is 35.2 Å². The van der Waals surface area contributed by atoms with Gasteiger partial charge in [-0.15, -0.1) is 0 Å². The first-order valence-corrected chi connectivity index (χ1v) is 30.0. The van der Waals surface area contributed by atoms with Crippen LogP contribution in [0.15, 0.2) is 164 Å². The van der Waals surface area contributed by atoms with Gasteiger partial charge in [-0.3, -0.25) is 4.79 Å². The molecule has 3 fully saturated rings. The zero-order valence-electron chi connectivity index (χ0n) is 48.5. The summed E-state index contributed by atoms with van der Waals surface area (Å²) in [5.74, 6) is 1.45. The highest BCUT2D eigenvalue weighted by atomic mass is 19.4. The van der Waals surface area contributed by atoms with Gasteiger partial charge in [0.2, 0.25) is 0 Å². The summed E-state index contributed by atoms with van der Waals surface area (Å²) >= 11 is 0. The van der Waals surface area contributed by atoms with Gasteiger partial charge in [-0.2, -0.15) is 26.3 Å². The molecule has 14 heteroatoms. The van der Waals surface area contributed by atoms with Gasteiger partial charge in [0.1, 0.15) is 11.5 Å². The number of fused-ring (bicyclic) bond motifs is 8. The van der Waals surface area contributed by atoms with Crippen molar-refractivity contribution in [2.24, 2.45) is 17.8 Å². The second kappa shape index (κ2) is 22.7. The van der Waals surface area contributed by atoms with Gasteiger partial charge in [-0.25, -0.2) is 4.79 Å². The molecule has 0 bridgehead atoms. The summed E-state index contributed by atoms with van der Waals surface area (Å²) in [6.45, 7) is 5.75. The van der Waals surface area contributed by atoms with Crippen molar-refractivity contribution < 1.29 is 59.6 Å². The molecule has 0 N–H and O–H groups in total. The number of hydrogen-bond acceptors (Lipinski definition) is 8. The number of anilines is 1. The van der Waals surface area contributed by atoms with Crippen molar-refractivity contribution in [1.29, 1.82) is 0 Å². The summed E-state index contributed by atoms with van der Waals surface area (Å²) in [4.78, 5) is 29.9. The summed E-state index contributed by atoms with van der Waals surface area (Å²) in [6.07, 6.45) is 1.97. The SMILES string of the molecule is COc1cc2c3c(c4c(c2cc1OC(=O)c1ccc(-c2ccc(OC(=O)[C@H]5CC[C@H]([C@H]6CC[C@H](c7ccccc7)CC6)CC5)cc2)cc1)-c1cc(C(F)(F)F)cc(C(F)(F)F)c1C4(C)C)C=CC(c1ccccc1)(c1ccc(N2CCOCC2)cc1)O3. The number of morpholine rings is 1. The third-order valence-corrected chi connectivity index (χ3v) is 19.0. The third-order valence-electron chi connectivity index (χ3n) is 19.0. The van der Waals surface area contributed by atoms with E-state index in [1.165, 1.54) is 44.4 Å². The number of hydrogen-bond donors (Lipinski definition) is 0. The minimum absolute atomic E-state index is 0.0517. The van der Waals surface area contributed by atoms with Crippen molar-refractivity contribution >= 4 is 34.5 Å². The summed E-state index contributed by atoms with van der Waals surface area (Å²) in [6, 6.07) is 46.1. The fourth-order valence-corrected chi connectivity index (χ4v) is 14.6. The van der Waals surface area contributed by atoms with Crippen LogP contribution in [0.5, 0.6) is 23.0 Å². The Kier molecular flexibility index (Phi) is 15.1. The molecule has 1 unspecified atom stereocenters. The topological polar surface area (TPSA) is 83.5 Å². The molecule has 0 spiro atoms. The monoisotopic (exact) mass is 1180 g/mol. The van der Waals surface area contributed by atoms with Crippen molar-refractivity contribution in [2.45, 2.75) is 94.5 Å². The molecule has 2 heterocycles. The van der Waals surface area contributed by atoms with Crippen LogP contribution in [0.1, 0.15) is 126 Å². The smallest absolute Gasteiger partial charge is 0.416 e. The molecule has 8 aromatic carbocycles. The van der Waals surface area contributed by atoms with E-state index < -0.39 is 40.5 Å². The Hall–Kier alpha value is -8.36. The molecule has 2 saturated carbocycles. The molecule has 1 atom stereocenters. The second-order valence-corrected chi connectivity index (χ2v) is 24.3. The van der Waals surface area contributed by atoms with Gasteiger partial charge in [-0.05, 0) is 180 Å². The molecule has 0 radical (unpaired) electrons. The lowest BCUT2D eigenvalue weighted by Crippen LogP contribution is -2.37. The largest absolute Gasteiger partial charge is 0.493 e. The van der Waals surface area contributed by atoms with Gasteiger partial charge in [0.05, 0.1) is 42.9 Å². The number of carbonyl (C=O) groups excluding carboxylic acids is 2. The highest BCUT2D eigenvalue weighted by Crippen LogP contribution is 2.62. The molecule has 0 amide bonds. The second-order valence-electron chi connectivity index (χ2n) is 24.3. The first-order valence-electron chi connectivity index (χ1n) is 30.0. The standard InChI is InChI=1S/C73H65F6NO7/c1-70(2)65-60(40-54(72(74,75)76)41-61(65)73(77,78)79)64-58-42-63(62(83-3)43-59(58)67-57(66(64)70)34-35-71(87-67,52-12-8-5-9-13-52)53-28-30-55(31-29-53)80-36-38-84-39-37-80)86-69(82)51-24-20-48(21-25-51)49-26-32-56(33-27-49)85-68(81)50-22-18-47(19-23-50)46-16-14-45(15-17-46)44-10-6-4-7-11-44/h4-13,20-21,24-35,40-43,45-47,50H,14-19,22-23,36-39H2,1-3H3/t45-,46-,47-,50-,71?. The predicted molar refractivity (Wildman–Crippen MR) is 323 cm³/mol. The van der Waals surface area contributed by atoms with Gasteiger partial charge < -0.3 is 28.6 Å². The number of alkyl halides is 6. The Morgan fingerprint density at radius 1 is 0.609 bits per heavy atom. The van der Waals surface area contributed by atoms with Crippen molar-refractivity contribution in [3.63, 3.8) is 0 Å². The number of esters is 2. The summed E-state index contributed by atoms with van der Waals surface area (Å²) < 4.78 is 121. The van der Waals surface area contributed by atoms with E-state index in [1.54, 1.807) is 62.4 Å². The molecule has 5 aliphatic rings. The van der Waals surface area contributed by atoms with E-state index in [4.69, 9.17) is 23.7 Å². The fourth-order valence-electron chi connectivity index (χ4n) is 14.6. The number of ether oxygens (including phenoxy) is 5. The van der Waals surface area contributed by atoms with Crippen LogP contribution in [0.25, 0.3) is 39.1 Å². The van der Waals surface area contributed by atoms with Crippen LogP contribution in [0.3, 0.4) is 0 Å². The molecule has 13 rings (SSSR count). The van der Waals surface area contributed by atoms with Gasteiger partial charge in [0.15, 0.2) is 17.1 Å². The Balaban J connectivity index is 0.789. The Labute approximate surface area is 501 Å². The van der Waals surface area contributed by atoms with Crippen LogP contribution >= 0.6 is 0 Å². The molecule has 1 saturated heterocycles. The average Bonchev–Trinajstić information content (AvgIpc) is 1.57. The first kappa shape index (κ1) is 57.7. The normalized spacial score (nSPS) is 21.5. The maximum atomic E-state index is 15.3. The number of carbonyl (C=O) groups is 2. The van der Waals surface area contributed by atoms with Crippen LogP contribution in [0, 0.1) is 17.8 Å². The maximum absolute atomic E-state index is 15.3. The molecule has 2 aliphatic heterocycles. The van der Waals surface area contributed by atoms with Gasteiger partial charge in [-0.1, -0.05) is 117 Å². The van der Waals surface area contributed by atoms with Gasteiger partial charge in [0, 0.05) is 46.3 Å². The van der Waals surface area contributed by atoms with Gasteiger partial charge in [0.25, 0.3) is 0 Å². The molecular weight excluding hydrogens is 1120 g/mol. The molecule has 8 aromatic rings. The van der Waals surface area contributed by atoms with Crippen molar-refractivity contribution in [3.05, 3.63) is 214 Å². The van der Waals surface area contributed by atoms with Crippen molar-refractivity contribution in [3.8, 4) is 45.3 Å². The molecule has 0 aromatic heterocycles. The van der Waals surface area contributed by atoms with E-state index in [1.807, 2.05) is 72.8 Å². The zero-order valence-corrected chi connectivity index (χ0v) is 48.5. The Morgan fingerprint density at radius 3 is 1.83 bits per heavy atom. The summed E-state index contributed by atoms with van der Waals surface area (Å²) in [7, 11) is 1.37. The maximum Gasteiger partial charge on any atom is 0.416 e. The number of methoxy groups -OCH3 is 1. The Bertz CT molecular complexity index is 3920. The zero-order chi connectivity index (χ0) is 60.4. The average molecular weight is 1180 g/mol. The predicted octanol–water partition coefficient (Wildman–Crippen LogP) is 18.0. The van der Waals surface area contributed by atoms with E-state index >= 15 is 13.2 Å². The third kappa shape index (κ3) is 10.8. The van der Waals surface area contributed by atoms with E-state index in [-0.39, 0.29) is 62.8 Å². The lowest BCUT2D eigenvalue weighted by molar-refractivity contribution is -0.144. The number of nitrogens with zero attached hydrogens (tertiary/aromatic N) is 1. The minimum atomic E-state index is -5.18. The quantitative estimate of drug-likeness (QED) is 0.0720.